The highest BCUT2D eigenvalue weighted by Crippen LogP contribution is 2.29. The molecule has 0 radical (unpaired) electrons. The molecule has 5 rings (SSSR count). The highest BCUT2D eigenvalue weighted by atomic mass is 32.1. The molecule has 1 amide bonds. The van der Waals surface area contributed by atoms with Crippen LogP contribution in [-0.2, 0) is 17.9 Å². The summed E-state index contributed by atoms with van der Waals surface area (Å²) < 4.78 is 29.0. The molecule has 0 saturated heterocycles. The van der Waals surface area contributed by atoms with Gasteiger partial charge in [0, 0.05) is 17.3 Å². The fourth-order valence-corrected chi connectivity index (χ4v) is 4.82. The molecular weight excluding hydrogens is 462 g/mol. The molecule has 3 aromatic heterocycles. The Balaban J connectivity index is 1.64. The Labute approximate surface area is 194 Å². The van der Waals surface area contributed by atoms with Gasteiger partial charge in [0.25, 0.3) is 5.56 Å². The van der Waals surface area contributed by atoms with E-state index in [1.165, 1.54) is 53.1 Å². The van der Waals surface area contributed by atoms with Gasteiger partial charge in [0.1, 0.15) is 27.7 Å². The second-order valence-electron chi connectivity index (χ2n) is 7.58. The minimum absolute atomic E-state index is 0.0882. The molecule has 0 bridgehead atoms. The Morgan fingerprint density at radius 2 is 1.62 bits per heavy atom. The molecule has 0 spiro atoms. The van der Waals surface area contributed by atoms with E-state index in [1.54, 1.807) is 18.3 Å². The minimum atomic E-state index is -0.681. The zero-order valence-electron chi connectivity index (χ0n) is 17.5. The van der Waals surface area contributed by atoms with Crippen molar-refractivity contribution < 1.29 is 13.6 Å². The van der Waals surface area contributed by atoms with Crippen LogP contribution in [0.2, 0.25) is 0 Å². The number of amides is 1. The quantitative estimate of drug-likeness (QED) is 0.417. The van der Waals surface area contributed by atoms with Crippen molar-refractivity contribution >= 4 is 43.4 Å². The molecule has 0 aliphatic rings. The zero-order chi connectivity index (χ0) is 23.8. The lowest BCUT2D eigenvalue weighted by Crippen LogP contribution is -2.41. The molecule has 5 aromatic rings. The molecule has 34 heavy (non-hydrogen) atoms. The number of thiophene rings is 1. The van der Waals surface area contributed by atoms with Crippen molar-refractivity contribution in [1.82, 2.24) is 14.1 Å². The predicted octanol–water partition coefficient (Wildman–Crippen LogP) is 3.74. The van der Waals surface area contributed by atoms with Gasteiger partial charge in [-0.2, -0.15) is 0 Å². The number of hydrogen-bond acceptors (Lipinski definition) is 5. The van der Waals surface area contributed by atoms with E-state index in [-0.39, 0.29) is 17.8 Å². The second-order valence-corrected chi connectivity index (χ2v) is 8.58. The lowest BCUT2D eigenvalue weighted by molar-refractivity contribution is -0.116. The Morgan fingerprint density at radius 3 is 2.32 bits per heavy atom. The summed E-state index contributed by atoms with van der Waals surface area (Å²) in [5, 5.41) is 3.22. The molecule has 0 unspecified atom stereocenters. The van der Waals surface area contributed by atoms with Gasteiger partial charge < -0.3 is 5.32 Å². The fourth-order valence-electron chi connectivity index (χ4n) is 3.72. The van der Waals surface area contributed by atoms with Crippen molar-refractivity contribution in [2.45, 2.75) is 13.1 Å². The number of pyridine rings is 1. The molecule has 7 nitrogen and oxygen atoms in total. The number of halogens is 2. The normalized spacial score (nSPS) is 11.2. The van der Waals surface area contributed by atoms with Crippen LogP contribution in [0.3, 0.4) is 0 Å². The fraction of sp³-hybridized carbons (Fsp3) is 0.0833. The molecule has 1 N–H and O–H groups in total. The van der Waals surface area contributed by atoms with Crippen LogP contribution in [0.1, 0.15) is 5.56 Å². The summed E-state index contributed by atoms with van der Waals surface area (Å²) in [5.74, 6) is -1.40. The average molecular weight is 478 g/mol. The van der Waals surface area contributed by atoms with Gasteiger partial charge in [0.2, 0.25) is 5.91 Å². The predicted molar refractivity (Wildman–Crippen MR) is 126 cm³/mol. The number of carbonyl (C=O) groups is 1. The standard InChI is InChI=1S/C24H16F2N4O3S/c25-15-5-3-14(4-6-15)12-30-23(32)21-20(18-2-1-11-27-22(18)34-21)29(24(30)33)13-19(31)28-17-9-7-16(26)8-10-17/h1-11H,12-13H2,(H,28,31). The van der Waals surface area contributed by atoms with Crippen molar-refractivity contribution in [2.75, 3.05) is 5.32 Å². The van der Waals surface area contributed by atoms with Crippen molar-refractivity contribution in [1.29, 1.82) is 0 Å². The van der Waals surface area contributed by atoms with Crippen LogP contribution in [0.4, 0.5) is 14.5 Å². The third kappa shape index (κ3) is 3.99. The van der Waals surface area contributed by atoms with E-state index in [4.69, 9.17) is 0 Å². The van der Waals surface area contributed by atoms with Crippen LogP contribution < -0.4 is 16.6 Å². The molecule has 170 valence electrons. The zero-order valence-corrected chi connectivity index (χ0v) is 18.3. The van der Waals surface area contributed by atoms with Gasteiger partial charge in [-0.3, -0.25) is 18.7 Å². The largest absolute Gasteiger partial charge is 0.332 e. The van der Waals surface area contributed by atoms with Gasteiger partial charge in [0.15, 0.2) is 0 Å². The maximum Gasteiger partial charge on any atom is 0.332 e. The highest BCUT2D eigenvalue weighted by molar-refractivity contribution is 7.25. The molecule has 0 aliphatic carbocycles. The third-order valence-corrected chi connectivity index (χ3v) is 6.39. The van der Waals surface area contributed by atoms with E-state index in [1.807, 2.05) is 0 Å². The number of rotatable bonds is 5. The van der Waals surface area contributed by atoms with Crippen LogP contribution in [0.5, 0.6) is 0 Å². The molecule has 0 aliphatic heterocycles. The third-order valence-electron chi connectivity index (χ3n) is 5.29. The number of anilines is 1. The first-order chi connectivity index (χ1) is 16.4. The van der Waals surface area contributed by atoms with Crippen LogP contribution in [0.15, 0.2) is 76.4 Å². The Bertz CT molecular complexity index is 1660. The minimum Gasteiger partial charge on any atom is -0.325 e. The van der Waals surface area contributed by atoms with Gasteiger partial charge >= 0.3 is 5.69 Å². The Morgan fingerprint density at radius 1 is 0.941 bits per heavy atom. The van der Waals surface area contributed by atoms with Crippen LogP contribution >= 0.6 is 11.3 Å². The second kappa shape index (κ2) is 8.64. The summed E-state index contributed by atoms with van der Waals surface area (Å²) in [7, 11) is 0. The monoisotopic (exact) mass is 478 g/mol. The summed E-state index contributed by atoms with van der Waals surface area (Å²) in [4.78, 5) is 44.4. The molecule has 0 fully saturated rings. The van der Waals surface area contributed by atoms with Gasteiger partial charge in [-0.25, -0.2) is 18.6 Å². The maximum absolute atomic E-state index is 13.5. The van der Waals surface area contributed by atoms with Crippen LogP contribution in [0.25, 0.3) is 20.4 Å². The van der Waals surface area contributed by atoms with Crippen LogP contribution in [0, 0.1) is 11.6 Å². The first-order valence-corrected chi connectivity index (χ1v) is 11.0. The van der Waals surface area contributed by atoms with E-state index < -0.39 is 28.8 Å². The molecule has 3 heterocycles. The van der Waals surface area contributed by atoms with E-state index in [0.29, 0.717) is 27.0 Å². The summed E-state index contributed by atoms with van der Waals surface area (Å²) in [5.41, 5.74) is 0.0588. The smallest absolute Gasteiger partial charge is 0.325 e. The lowest BCUT2D eigenvalue weighted by Gasteiger charge is -2.13. The van der Waals surface area contributed by atoms with E-state index in [2.05, 4.69) is 10.3 Å². The lowest BCUT2D eigenvalue weighted by atomic mass is 10.2. The molecule has 0 atom stereocenters. The molecule has 10 heteroatoms. The van der Waals surface area contributed by atoms with Gasteiger partial charge in [0.05, 0.1) is 12.1 Å². The number of aromatic nitrogens is 3. The van der Waals surface area contributed by atoms with Crippen molar-refractivity contribution in [3.05, 3.63) is 105 Å². The number of hydrogen-bond donors (Lipinski definition) is 1. The van der Waals surface area contributed by atoms with Crippen molar-refractivity contribution in [3.63, 3.8) is 0 Å². The Hall–Kier alpha value is -4.18. The number of fused-ring (bicyclic) bond motifs is 3. The first-order valence-electron chi connectivity index (χ1n) is 10.2. The van der Waals surface area contributed by atoms with Crippen LogP contribution in [-0.4, -0.2) is 20.0 Å². The summed E-state index contributed by atoms with van der Waals surface area (Å²) >= 11 is 1.13. The number of benzene rings is 2. The van der Waals surface area contributed by atoms with Crippen molar-refractivity contribution in [3.8, 4) is 0 Å². The average Bonchev–Trinajstić information content (AvgIpc) is 3.22. The number of nitrogens with one attached hydrogen (secondary N) is 1. The van der Waals surface area contributed by atoms with E-state index >= 15 is 0 Å². The van der Waals surface area contributed by atoms with Gasteiger partial charge in [-0.1, -0.05) is 12.1 Å². The SMILES string of the molecule is O=C(Cn1c(=O)n(Cc2ccc(F)cc2)c(=O)c2sc3ncccc3c21)Nc1ccc(F)cc1. The van der Waals surface area contributed by atoms with Crippen molar-refractivity contribution in [2.24, 2.45) is 0 Å². The molecule has 2 aromatic carbocycles. The molecule has 0 saturated carbocycles. The highest BCUT2D eigenvalue weighted by Gasteiger charge is 2.20. The molecular formula is C24H16F2N4O3S. The van der Waals surface area contributed by atoms with Gasteiger partial charge in [-0.15, -0.1) is 11.3 Å². The summed E-state index contributed by atoms with van der Waals surface area (Å²) in [6, 6.07) is 14.1. The maximum atomic E-state index is 13.5. The van der Waals surface area contributed by atoms with E-state index in [0.717, 1.165) is 15.9 Å². The van der Waals surface area contributed by atoms with Gasteiger partial charge in [-0.05, 0) is 54.1 Å². The number of carbonyl (C=O) groups excluding carboxylic acids is 1. The summed E-state index contributed by atoms with van der Waals surface area (Å²) in [6.45, 7) is -0.466. The topological polar surface area (TPSA) is 86.0 Å². The summed E-state index contributed by atoms with van der Waals surface area (Å²) in [6.07, 6.45) is 1.58. The van der Waals surface area contributed by atoms with E-state index in [9.17, 15) is 23.2 Å². The Kier molecular flexibility index (Phi) is 5.50. The first kappa shape index (κ1) is 21.7. The number of nitrogens with zero attached hydrogens (tertiary/aromatic N) is 3.